The van der Waals surface area contributed by atoms with E-state index in [-0.39, 0.29) is 0 Å². The third-order valence-electron chi connectivity index (χ3n) is 5.96. The van der Waals surface area contributed by atoms with Crippen LogP contribution in [-0.2, 0) is 6.42 Å². The minimum absolute atomic E-state index is 0.736. The first kappa shape index (κ1) is 16.4. The highest BCUT2D eigenvalue weighted by molar-refractivity contribution is 5.83. The zero-order valence-electron chi connectivity index (χ0n) is 15.2. The van der Waals surface area contributed by atoms with E-state index in [1.807, 2.05) is 0 Å². The van der Waals surface area contributed by atoms with E-state index in [0.717, 1.165) is 11.8 Å². The number of benzene rings is 3. The Hall–Kier alpha value is -2.08. The van der Waals surface area contributed by atoms with Gasteiger partial charge in [-0.15, -0.1) is 0 Å². The van der Waals surface area contributed by atoms with Crippen molar-refractivity contribution in [3.63, 3.8) is 0 Å². The van der Waals surface area contributed by atoms with Crippen molar-refractivity contribution in [2.45, 2.75) is 57.3 Å². The van der Waals surface area contributed by atoms with Gasteiger partial charge in [-0.1, -0.05) is 80.1 Å². The Morgan fingerprint density at radius 1 is 0.680 bits per heavy atom. The van der Waals surface area contributed by atoms with Crippen LogP contribution in [0.25, 0.3) is 10.8 Å². The molecule has 1 aliphatic carbocycles. The molecule has 3 aromatic carbocycles. The van der Waals surface area contributed by atoms with Crippen LogP contribution < -0.4 is 0 Å². The van der Waals surface area contributed by atoms with Crippen molar-refractivity contribution in [2.24, 2.45) is 0 Å². The Balaban J connectivity index is 1.43. The van der Waals surface area contributed by atoms with Crippen LogP contribution in [0, 0.1) is 0 Å². The molecule has 0 amide bonds. The summed E-state index contributed by atoms with van der Waals surface area (Å²) in [7, 11) is 0. The smallest absolute Gasteiger partial charge is 0.0161 e. The molecule has 1 fully saturated rings. The second kappa shape index (κ2) is 7.44. The Morgan fingerprint density at radius 3 is 1.96 bits per heavy atom. The van der Waals surface area contributed by atoms with Gasteiger partial charge in [0.25, 0.3) is 0 Å². The Labute approximate surface area is 151 Å². The van der Waals surface area contributed by atoms with E-state index in [1.54, 1.807) is 5.56 Å². The molecule has 0 aromatic heterocycles. The fourth-order valence-electron chi connectivity index (χ4n) is 4.47. The summed E-state index contributed by atoms with van der Waals surface area (Å²) in [6.45, 7) is 2.25. The van der Waals surface area contributed by atoms with E-state index in [4.69, 9.17) is 0 Å². The lowest BCUT2D eigenvalue weighted by molar-refractivity contribution is 0.396. The summed E-state index contributed by atoms with van der Waals surface area (Å²) in [6.07, 6.45) is 7.72. The zero-order valence-corrected chi connectivity index (χ0v) is 15.2. The highest BCUT2D eigenvalue weighted by Crippen LogP contribution is 2.41. The molecule has 0 aliphatic heterocycles. The molecule has 0 heterocycles. The molecule has 0 atom stereocenters. The number of hydrogen-bond acceptors (Lipinski definition) is 0. The maximum atomic E-state index is 2.42. The molecule has 0 spiro atoms. The molecular weight excluding hydrogens is 300 g/mol. The number of fused-ring (bicyclic) bond motifs is 1. The van der Waals surface area contributed by atoms with Gasteiger partial charge < -0.3 is 0 Å². The second-order valence-corrected chi connectivity index (χ2v) is 7.65. The van der Waals surface area contributed by atoms with Gasteiger partial charge in [-0.3, -0.25) is 0 Å². The topological polar surface area (TPSA) is 0 Å². The van der Waals surface area contributed by atoms with E-state index < -0.39 is 0 Å². The van der Waals surface area contributed by atoms with Gasteiger partial charge >= 0.3 is 0 Å². The minimum atomic E-state index is 0.736. The van der Waals surface area contributed by atoms with Crippen molar-refractivity contribution < 1.29 is 0 Å². The van der Waals surface area contributed by atoms with Crippen molar-refractivity contribution in [2.75, 3.05) is 0 Å². The standard InChI is InChI=1S/C25H28/c1-2-5-19-8-10-21(11-9-19)22-12-14-23(15-13-22)25-17-16-20-6-3-4-7-24(20)18-25/h3-4,6-11,16-18,22-23H,2,5,12-15H2,1H3. The molecule has 4 rings (SSSR count). The summed E-state index contributed by atoms with van der Waals surface area (Å²) in [4.78, 5) is 0. The lowest BCUT2D eigenvalue weighted by atomic mass is 9.76. The summed E-state index contributed by atoms with van der Waals surface area (Å²) >= 11 is 0. The SMILES string of the molecule is CCCc1ccc(C2CCC(c3ccc4ccccc4c3)CC2)cc1. The number of hydrogen-bond donors (Lipinski definition) is 0. The fourth-order valence-corrected chi connectivity index (χ4v) is 4.47. The summed E-state index contributed by atoms with van der Waals surface area (Å²) in [5, 5.41) is 2.74. The molecule has 0 unspecified atom stereocenters. The van der Waals surface area contributed by atoms with E-state index in [1.165, 1.54) is 60.4 Å². The molecular formula is C25H28. The van der Waals surface area contributed by atoms with E-state index in [0.29, 0.717) is 0 Å². The third-order valence-corrected chi connectivity index (χ3v) is 5.96. The Morgan fingerprint density at radius 2 is 1.28 bits per heavy atom. The van der Waals surface area contributed by atoms with Gasteiger partial charge in [0, 0.05) is 0 Å². The zero-order chi connectivity index (χ0) is 17.1. The fraction of sp³-hybridized carbons (Fsp3) is 0.360. The molecule has 0 N–H and O–H groups in total. The monoisotopic (exact) mass is 328 g/mol. The van der Waals surface area contributed by atoms with Crippen molar-refractivity contribution in [3.8, 4) is 0 Å². The van der Waals surface area contributed by atoms with Gasteiger partial charge in [-0.05, 0) is 71.4 Å². The number of aryl methyl sites for hydroxylation is 1. The first-order valence-corrected chi connectivity index (χ1v) is 9.91. The quantitative estimate of drug-likeness (QED) is 0.473. The van der Waals surface area contributed by atoms with E-state index in [2.05, 4.69) is 73.7 Å². The Bertz CT molecular complexity index is 820. The number of rotatable bonds is 4. The van der Waals surface area contributed by atoms with Crippen molar-refractivity contribution >= 4 is 10.8 Å². The highest BCUT2D eigenvalue weighted by atomic mass is 14.3. The van der Waals surface area contributed by atoms with Gasteiger partial charge in [-0.2, -0.15) is 0 Å². The summed E-state index contributed by atoms with van der Waals surface area (Å²) < 4.78 is 0. The predicted octanol–water partition coefficient (Wildman–Crippen LogP) is 7.23. The molecule has 1 aliphatic rings. The molecule has 0 radical (unpaired) electrons. The van der Waals surface area contributed by atoms with Crippen LogP contribution in [0.2, 0.25) is 0 Å². The molecule has 128 valence electrons. The molecule has 0 nitrogen and oxygen atoms in total. The van der Waals surface area contributed by atoms with Crippen molar-refractivity contribution in [1.29, 1.82) is 0 Å². The maximum Gasteiger partial charge on any atom is -0.0161 e. The third kappa shape index (κ3) is 3.63. The van der Waals surface area contributed by atoms with Gasteiger partial charge in [0.15, 0.2) is 0 Å². The van der Waals surface area contributed by atoms with E-state index >= 15 is 0 Å². The maximum absolute atomic E-state index is 2.42. The van der Waals surface area contributed by atoms with Crippen molar-refractivity contribution in [3.05, 3.63) is 83.4 Å². The molecule has 0 bridgehead atoms. The first-order valence-electron chi connectivity index (χ1n) is 9.91. The van der Waals surface area contributed by atoms with Crippen LogP contribution in [0.4, 0.5) is 0 Å². The predicted molar refractivity (Wildman–Crippen MR) is 108 cm³/mol. The molecule has 0 heteroatoms. The molecule has 0 saturated heterocycles. The Kier molecular flexibility index (Phi) is 4.88. The minimum Gasteiger partial charge on any atom is -0.0651 e. The van der Waals surface area contributed by atoms with Gasteiger partial charge in [0.05, 0.1) is 0 Å². The van der Waals surface area contributed by atoms with Gasteiger partial charge in [0.1, 0.15) is 0 Å². The van der Waals surface area contributed by atoms with Crippen LogP contribution >= 0.6 is 0 Å². The summed E-state index contributed by atoms with van der Waals surface area (Å²) in [5.41, 5.74) is 4.57. The average Bonchev–Trinajstić information content (AvgIpc) is 2.69. The lowest BCUT2D eigenvalue weighted by Gasteiger charge is -2.29. The highest BCUT2D eigenvalue weighted by Gasteiger charge is 2.23. The first-order chi connectivity index (χ1) is 12.3. The van der Waals surface area contributed by atoms with E-state index in [9.17, 15) is 0 Å². The molecule has 1 saturated carbocycles. The largest absolute Gasteiger partial charge is 0.0651 e. The average molecular weight is 328 g/mol. The lowest BCUT2D eigenvalue weighted by Crippen LogP contribution is -2.12. The van der Waals surface area contributed by atoms with Crippen LogP contribution in [0.15, 0.2) is 66.7 Å². The van der Waals surface area contributed by atoms with Gasteiger partial charge in [-0.25, -0.2) is 0 Å². The van der Waals surface area contributed by atoms with Crippen molar-refractivity contribution in [1.82, 2.24) is 0 Å². The second-order valence-electron chi connectivity index (χ2n) is 7.65. The molecule has 3 aromatic rings. The van der Waals surface area contributed by atoms with Crippen LogP contribution in [-0.4, -0.2) is 0 Å². The molecule has 25 heavy (non-hydrogen) atoms. The van der Waals surface area contributed by atoms with Crippen LogP contribution in [0.5, 0.6) is 0 Å². The normalized spacial score (nSPS) is 20.7. The van der Waals surface area contributed by atoms with Crippen LogP contribution in [0.1, 0.15) is 67.6 Å². The summed E-state index contributed by atoms with van der Waals surface area (Å²) in [5.74, 6) is 1.49. The van der Waals surface area contributed by atoms with Gasteiger partial charge in [0.2, 0.25) is 0 Å². The van der Waals surface area contributed by atoms with Crippen LogP contribution in [0.3, 0.4) is 0 Å². The summed E-state index contributed by atoms with van der Waals surface area (Å²) in [6, 6.07) is 25.2.